The van der Waals surface area contributed by atoms with Crippen LogP contribution in [0.15, 0.2) is 36.4 Å². The van der Waals surface area contributed by atoms with Crippen LogP contribution in [0.25, 0.3) is 0 Å². The number of hydrogen-bond donors (Lipinski definition) is 1. The first-order valence-corrected chi connectivity index (χ1v) is 12.0. The molecule has 2 amide bonds. The average Bonchev–Trinajstić information content (AvgIpc) is 3.04. The van der Waals surface area contributed by atoms with Gasteiger partial charge in [0.1, 0.15) is 0 Å². The second kappa shape index (κ2) is 9.09. The Morgan fingerprint density at radius 3 is 2.03 bits per heavy atom. The van der Waals surface area contributed by atoms with E-state index >= 15 is 0 Å². The van der Waals surface area contributed by atoms with Crippen molar-refractivity contribution in [3.05, 3.63) is 58.7 Å². The lowest BCUT2D eigenvalue weighted by Gasteiger charge is -2.30. The molecule has 0 aromatic heterocycles. The van der Waals surface area contributed by atoms with E-state index in [0.29, 0.717) is 16.8 Å². The van der Waals surface area contributed by atoms with E-state index in [4.69, 9.17) is 0 Å². The Kier molecular flexibility index (Phi) is 6.83. The number of nitrogens with zero attached hydrogens (tertiary/aromatic N) is 1. The summed E-state index contributed by atoms with van der Waals surface area (Å²) in [6.07, 6.45) is 5.02. The number of hydrogen-bond acceptors (Lipinski definition) is 3. The first-order valence-electron chi connectivity index (χ1n) is 12.0. The minimum absolute atomic E-state index is 0.0331. The molecule has 0 atom stereocenters. The van der Waals surface area contributed by atoms with Gasteiger partial charge in [0.15, 0.2) is 0 Å². The zero-order valence-corrected chi connectivity index (χ0v) is 20.8. The van der Waals surface area contributed by atoms with Gasteiger partial charge >= 0.3 is 0 Å². The fourth-order valence-electron chi connectivity index (χ4n) is 4.31. The Hall–Kier alpha value is -2.62. The zero-order valence-electron chi connectivity index (χ0n) is 20.8. The summed E-state index contributed by atoms with van der Waals surface area (Å²) in [6.45, 7) is 15.2. The number of carbonyl (C=O) groups excluding carboxylic acids is 2. The molecular weight excluding hydrogens is 396 g/mol. The van der Waals surface area contributed by atoms with Crippen molar-refractivity contribution in [3.63, 3.8) is 0 Å². The lowest BCUT2D eigenvalue weighted by Crippen LogP contribution is -2.33. The fourth-order valence-corrected chi connectivity index (χ4v) is 4.31. The van der Waals surface area contributed by atoms with Crippen molar-refractivity contribution in [3.8, 4) is 0 Å². The number of nitrogens with one attached hydrogen (secondary N) is 1. The van der Waals surface area contributed by atoms with Crippen LogP contribution in [-0.2, 0) is 6.42 Å². The molecule has 2 aromatic rings. The van der Waals surface area contributed by atoms with E-state index in [2.05, 4.69) is 46.9 Å². The van der Waals surface area contributed by atoms with Crippen LogP contribution in [-0.4, -0.2) is 17.4 Å². The van der Waals surface area contributed by atoms with Gasteiger partial charge in [-0.15, -0.1) is 0 Å². The van der Waals surface area contributed by atoms with Crippen molar-refractivity contribution in [2.75, 3.05) is 10.2 Å². The maximum absolute atomic E-state index is 13.4. The van der Waals surface area contributed by atoms with Crippen molar-refractivity contribution >= 4 is 23.2 Å². The predicted molar refractivity (Wildman–Crippen MR) is 134 cm³/mol. The highest BCUT2D eigenvalue weighted by Crippen LogP contribution is 2.36. The van der Waals surface area contributed by atoms with Crippen molar-refractivity contribution in [1.82, 2.24) is 0 Å². The highest BCUT2D eigenvalue weighted by molar-refractivity contribution is 6.34. The van der Waals surface area contributed by atoms with Crippen LogP contribution >= 0.6 is 0 Å². The molecule has 0 radical (unpaired) electrons. The molecule has 172 valence electrons. The molecule has 2 aromatic carbocycles. The molecule has 0 bridgehead atoms. The molecule has 4 heteroatoms. The molecule has 32 heavy (non-hydrogen) atoms. The molecule has 0 saturated carbocycles. The molecule has 0 fully saturated rings. The maximum atomic E-state index is 13.4. The summed E-state index contributed by atoms with van der Waals surface area (Å²) in [5.41, 5.74) is 4.79. The van der Waals surface area contributed by atoms with Gasteiger partial charge in [-0.3, -0.25) is 9.59 Å². The van der Waals surface area contributed by atoms with Gasteiger partial charge in [-0.05, 0) is 73.9 Å². The SMILES string of the molecule is CCC(C)(CC)Cc1ccc2c(c1)C(=O)N(c1cc(NC(C)(CC)CC)ccc1C)C2=O. The minimum atomic E-state index is -0.237. The molecular formula is C28H38N2O2. The van der Waals surface area contributed by atoms with E-state index < -0.39 is 0 Å². The Morgan fingerprint density at radius 1 is 0.812 bits per heavy atom. The highest BCUT2D eigenvalue weighted by Gasteiger charge is 2.38. The zero-order chi connectivity index (χ0) is 23.7. The first-order chi connectivity index (χ1) is 15.1. The number of benzene rings is 2. The summed E-state index contributed by atoms with van der Waals surface area (Å²) >= 11 is 0. The number of anilines is 2. The van der Waals surface area contributed by atoms with Gasteiger partial charge in [0, 0.05) is 11.2 Å². The normalized spacial score (nSPS) is 14.2. The number of rotatable bonds is 9. The number of amides is 2. The molecule has 0 spiro atoms. The smallest absolute Gasteiger partial charge is 0.266 e. The molecule has 1 aliphatic heterocycles. The van der Waals surface area contributed by atoms with Gasteiger partial charge in [-0.1, -0.05) is 59.6 Å². The summed E-state index contributed by atoms with van der Waals surface area (Å²) in [5, 5.41) is 3.60. The van der Waals surface area contributed by atoms with Crippen molar-refractivity contribution in [1.29, 1.82) is 0 Å². The molecule has 3 rings (SSSR count). The monoisotopic (exact) mass is 434 g/mol. The summed E-state index contributed by atoms with van der Waals surface area (Å²) in [7, 11) is 0. The molecule has 0 saturated heterocycles. The van der Waals surface area contributed by atoms with Crippen LogP contribution in [0.3, 0.4) is 0 Å². The van der Waals surface area contributed by atoms with Gasteiger partial charge in [0.05, 0.1) is 16.8 Å². The average molecular weight is 435 g/mol. The quantitative estimate of drug-likeness (QED) is 0.426. The molecule has 0 unspecified atom stereocenters. The summed E-state index contributed by atoms with van der Waals surface area (Å²) in [5.74, 6) is -0.463. The lowest BCUT2D eigenvalue weighted by molar-refractivity contribution is 0.0926. The van der Waals surface area contributed by atoms with Crippen LogP contribution in [0.4, 0.5) is 11.4 Å². The van der Waals surface area contributed by atoms with E-state index in [1.807, 2.05) is 43.3 Å². The van der Waals surface area contributed by atoms with Crippen LogP contribution in [0, 0.1) is 12.3 Å². The summed E-state index contributed by atoms with van der Waals surface area (Å²) in [6, 6.07) is 11.7. The van der Waals surface area contributed by atoms with Gasteiger partial charge in [0.25, 0.3) is 11.8 Å². The van der Waals surface area contributed by atoms with E-state index in [-0.39, 0.29) is 22.8 Å². The summed E-state index contributed by atoms with van der Waals surface area (Å²) in [4.78, 5) is 28.0. The van der Waals surface area contributed by atoms with Crippen molar-refractivity contribution in [2.24, 2.45) is 5.41 Å². The Bertz CT molecular complexity index is 1020. The number of carbonyl (C=O) groups is 2. The van der Waals surface area contributed by atoms with Crippen LogP contribution in [0.1, 0.15) is 99.1 Å². The van der Waals surface area contributed by atoms with Crippen LogP contribution in [0.5, 0.6) is 0 Å². The highest BCUT2D eigenvalue weighted by atomic mass is 16.2. The third kappa shape index (κ3) is 4.46. The molecule has 1 aliphatic rings. The predicted octanol–water partition coefficient (Wildman–Crippen LogP) is 7.16. The largest absolute Gasteiger partial charge is 0.380 e. The third-order valence-corrected chi connectivity index (χ3v) is 7.75. The van der Waals surface area contributed by atoms with E-state index in [0.717, 1.165) is 48.9 Å². The first kappa shape index (κ1) is 24.0. The Labute approximate surface area is 193 Å². The fraction of sp³-hybridized carbons (Fsp3) is 0.500. The van der Waals surface area contributed by atoms with Gasteiger partial charge in [0.2, 0.25) is 0 Å². The number of fused-ring (bicyclic) bond motifs is 1. The third-order valence-electron chi connectivity index (χ3n) is 7.75. The Balaban J connectivity index is 1.95. The number of aryl methyl sites for hydroxylation is 1. The van der Waals surface area contributed by atoms with Gasteiger partial charge < -0.3 is 5.32 Å². The lowest BCUT2D eigenvalue weighted by atomic mass is 9.78. The van der Waals surface area contributed by atoms with E-state index in [1.54, 1.807) is 0 Å². The van der Waals surface area contributed by atoms with E-state index in [9.17, 15) is 9.59 Å². The molecule has 4 nitrogen and oxygen atoms in total. The molecule has 1 N–H and O–H groups in total. The van der Waals surface area contributed by atoms with Crippen LogP contribution < -0.4 is 10.2 Å². The standard InChI is InChI=1S/C28H38N2O2/c1-8-27(6,9-2)18-20-13-15-22-23(16-20)26(32)30(25(22)31)24-17-21(14-12-19(24)5)29-28(7,10-3)11-4/h12-17,29H,8-11,18H2,1-7H3. The van der Waals surface area contributed by atoms with Crippen molar-refractivity contribution in [2.45, 2.75) is 86.1 Å². The Morgan fingerprint density at radius 2 is 1.44 bits per heavy atom. The van der Waals surface area contributed by atoms with Gasteiger partial charge in [-0.2, -0.15) is 0 Å². The summed E-state index contributed by atoms with van der Waals surface area (Å²) < 4.78 is 0. The number of imide groups is 1. The van der Waals surface area contributed by atoms with Gasteiger partial charge in [-0.25, -0.2) is 4.90 Å². The van der Waals surface area contributed by atoms with Crippen molar-refractivity contribution < 1.29 is 9.59 Å². The molecule has 1 heterocycles. The van der Waals surface area contributed by atoms with E-state index in [1.165, 1.54) is 4.90 Å². The topological polar surface area (TPSA) is 49.4 Å². The van der Waals surface area contributed by atoms with Crippen LogP contribution in [0.2, 0.25) is 0 Å². The molecule has 0 aliphatic carbocycles. The second-order valence-corrected chi connectivity index (χ2v) is 9.91. The minimum Gasteiger partial charge on any atom is -0.380 e. The maximum Gasteiger partial charge on any atom is 0.266 e. The second-order valence-electron chi connectivity index (χ2n) is 9.91.